The summed E-state index contributed by atoms with van der Waals surface area (Å²) >= 11 is 0. The Morgan fingerprint density at radius 2 is 1.85 bits per heavy atom. The Morgan fingerprint density at radius 1 is 1.11 bits per heavy atom. The third kappa shape index (κ3) is 2.78. The average molecular weight is 360 g/mol. The van der Waals surface area contributed by atoms with Crippen molar-refractivity contribution in [2.45, 2.75) is 45.4 Å². The van der Waals surface area contributed by atoms with Crippen molar-refractivity contribution in [2.24, 2.45) is 16.0 Å². The number of aliphatic imine (C=N–C) groups is 1. The molecule has 5 nitrogen and oxygen atoms in total. The van der Waals surface area contributed by atoms with Gasteiger partial charge in [-0.15, -0.1) is 0 Å². The Hall–Kier alpha value is -2.82. The summed E-state index contributed by atoms with van der Waals surface area (Å²) in [6.07, 6.45) is 6.06. The van der Waals surface area contributed by atoms with Gasteiger partial charge in [0, 0.05) is 30.1 Å². The van der Waals surface area contributed by atoms with Crippen molar-refractivity contribution in [1.29, 1.82) is 0 Å². The molecule has 1 aromatic carbocycles. The van der Waals surface area contributed by atoms with E-state index in [-0.39, 0.29) is 17.2 Å². The van der Waals surface area contributed by atoms with Crippen molar-refractivity contribution in [3.8, 4) is 0 Å². The van der Waals surface area contributed by atoms with Crippen LogP contribution in [0.3, 0.4) is 0 Å². The van der Waals surface area contributed by atoms with Gasteiger partial charge in [-0.25, -0.2) is 5.43 Å². The number of fused-ring (bicyclic) bond motifs is 1. The van der Waals surface area contributed by atoms with Gasteiger partial charge in [0.1, 0.15) is 0 Å². The van der Waals surface area contributed by atoms with E-state index in [0.29, 0.717) is 6.42 Å². The van der Waals surface area contributed by atoms with Gasteiger partial charge in [-0.05, 0) is 53.8 Å². The van der Waals surface area contributed by atoms with Crippen LogP contribution in [0.2, 0.25) is 0 Å². The lowest BCUT2D eigenvalue weighted by molar-refractivity contribution is -0.121. The fourth-order valence-corrected chi connectivity index (χ4v) is 4.35. The van der Waals surface area contributed by atoms with Crippen molar-refractivity contribution in [3.05, 3.63) is 59.4 Å². The molecule has 1 N–H and O–H groups in total. The maximum Gasteiger partial charge on any atom is 0.240 e. The van der Waals surface area contributed by atoms with E-state index in [1.807, 2.05) is 24.5 Å². The molecule has 1 amide bonds. The lowest BCUT2D eigenvalue weighted by Gasteiger charge is -2.30. The largest absolute Gasteiger partial charge is 0.273 e. The number of hydrazone groups is 1. The third-order valence-corrected chi connectivity index (χ3v) is 5.91. The minimum atomic E-state index is -0.117. The third-order valence-electron chi connectivity index (χ3n) is 5.91. The SMILES string of the molecule is CCC1(CC)C(c2ccncc2)=Nc2ccc(C3=NNC(=O)CC3C)cc21. The molecule has 0 fully saturated rings. The minimum absolute atomic E-state index is 0.0211. The number of aromatic nitrogens is 1. The van der Waals surface area contributed by atoms with E-state index < -0.39 is 0 Å². The molecule has 0 saturated carbocycles. The number of rotatable bonds is 4. The minimum Gasteiger partial charge on any atom is -0.273 e. The first-order chi connectivity index (χ1) is 13.1. The van der Waals surface area contributed by atoms with Gasteiger partial charge in [0.15, 0.2) is 0 Å². The topological polar surface area (TPSA) is 66.7 Å². The quantitative estimate of drug-likeness (QED) is 0.891. The molecule has 0 saturated heterocycles. The monoisotopic (exact) mass is 360 g/mol. The Bertz CT molecular complexity index is 942. The maximum atomic E-state index is 11.6. The number of benzene rings is 1. The standard InChI is InChI=1S/C22H24N4O/c1-4-22(5-2)17-13-16(20-14(3)12-19(27)25-26-20)6-7-18(17)24-21(22)15-8-10-23-11-9-15/h6-11,13-14H,4-5,12H2,1-3H3,(H,25,27). The van der Waals surface area contributed by atoms with Crippen LogP contribution in [0.5, 0.6) is 0 Å². The first-order valence-electron chi connectivity index (χ1n) is 9.60. The molecular weight excluding hydrogens is 336 g/mol. The molecule has 2 aliphatic heterocycles. The molecule has 0 bridgehead atoms. The first-order valence-corrected chi connectivity index (χ1v) is 9.60. The van der Waals surface area contributed by atoms with Crippen LogP contribution in [0.25, 0.3) is 0 Å². The highest BCUT2D eigenvalue weighted by molar-refractivity contribution is 6.13. The van der Waals surface area contributed by atoms with Gasteiger partial charge >= 0.3 is 0 Å². The number of carbonyl (C=O) groups excluding carboxylic acids is 1. The van der Waals surface area contributed by atoms with Crippen molar-refractivity contribution in [1.82, 2.24) is 10.4 Å². The van der Waals surface area contributed by atoms with Crippen molar-refractivity contribution in [3.63, 3.8) is 0 Å². The van der Waals surface area contributed by atoms with Gasteiger partial charge in [-0.3, -0.25) is 14.8 Å². The summed E-state index contributed by atoms with van der Waals surface area (Å²) in [7, 11) is 0. The highest BCUT2D eigenvalue weighted by atomic mass is 16.2. The fraction of sp³-hybridized carbons (Fsp3) is 0.364. The van der Waals surface area contributed by atoms with Crippen molar-refractivity contribution < 1.29 is 4.79 Å². The second-order valence-corrected chi connectivity index (χ2v) is 7.35. The summed E-state index contributed by atoms with van der Waals surface area (Å²) in [5.41, 5.74) is 9.05. The number of carbonyl (C=O) groups is 1. The number of nitrogens with zero attached hydrogens (tertiary/aromatic N) is 3. The molecule has 0 aliphatic carbocycles. The first kappa shape index (κ1) is 17.6. The molecule has 27 heavy (non-hydrogen) atoms. The van der Waals surface area contributed by atoms with Gasteiger partial charge in [-0.1, -0.05) is 26.8 Å². The zero-order chi connectivity index (χ0) is 19.0. The lowest BCUT2D eigenvalue weighted by atomic mass is 9.71. The van der Waals surface area contributed by atoms with Crippen LogP contribution >= 0.6 is 0 Å². The van der Waals surface area contributed by atoms with Crippen LogP contribution in [-0.4, -0.2) is 22.3 Å². The van der Waals surface area contributed by atoms with Crippen LogP contribution in [0, 0.1) is 5.92 Å². The second-order valence-electron chi connectivity index (χ2n) is 7.35. The summed E-state index contributed by atoms with van der Waals surface area (Å²) in [5, 5.41) is 4.34. The Morgan fingerprint density at radius 3 is 2.52 bits per heavy atom. The van der Waals surface area contributed by atoms with Gasteiger partial charge in [0.2, 0.25) is 5.91 Å². The summed E-state index contributed by atoms with van der Waals surface area (Å²) in [6.45, 7) is 6.50. The molecule has 1 atom stereocenters. The van der Waals surface area contributed by atoms with E-state index in [0.717, 1.165) is 41.1 Å². The summed E-state index contributed by atoms with van der Waals surface area (Å²) in [5.74, 6) is 0.0867. The Kier molecular flexibility index (Phi) is 4.38. The maximum absolute atomic E-state index is 11.6. The Labute approximate surface area is 159 Å². The molecule has 2 aliphatic rings. The fourth-order valence-electron chi connectivity index (χ4n) is 4.35. The summed E-state index contributed by atoms with van der Waals surface area (Å²) < 4.78 is 0. The van der Waals surface area contributed by atoms with Gasteiger partial charge < -0.3 is 0 Å². The van der Waals surface area contributed by atoms with E-state index in [1.54, 1.807) is 0 Å². The molecule has 1 aromatic heterocycles. The summed E-state index contributed by atoms with van der Waals surface area (Å²) in [4.78, 5) is 20.8. The normalized spacial score (nSPS) is 20.6. The van der Waals surface area contributed by atoms with E-state index in [4.69, 9.17) is 4.99 Å². The molecule has 138 valence electrons. The molecule has 4 rings (SSSR count). The van der Waals surface area contributed by atoms with E-state index in [1.165, 1.54) is 5.56 Å². The predicted molar refractivity (Wildman–Crippen MR) is 108 cm³/mol. The molecule has 5 heteroatoms. The van der Waals surface area contributed by atoms with Gasteiger partial charge in [-0.2, -0.15) is 5.10 Å². The van der Waals surface area contributed by atoms with E-state index in [9.17, 15) is 4.79 Å². The van der Waals surface area contributed by atoms with Crippen LogP contribution in [0.4, 0.5) is 5.69 Å². The van der Waals surface area contributed by atoms with Crippen molar-refractivity contribution >= 4 is 23.0 Å². The number of nitrogens with one attached hydrogen (secondary N) is 1. The summed E-state index contributed by atoms with van der Waals surface area (Å²) in [6, 6.07) is 10.5. The molecule has 1 unspecified atom stereocenters. The van der Waals surface area contributed by atoms with Gasteiger partial charge in [0.05, 0.1) is 17.1 Å². The molecule has 0 spiro atoms. The molecule has 2 aromatic rings. The van der Waals surface area contributed by atoms with Crippen molar-refractivity contribution in [2.75, 3.05) is 0 Å². The number of hydrogen-bond acceptors (Lipinski definition) is 4. The van der Waals surface area contributed by atoms with E-state index in [2.05, 4.69) is 54.5 Å². The zero-order valence-electron chi connectivity index (χ0n) is 16.0. The number of amides is 1. The smallest absolute Gasteiger partial charge is 0.240 e. The number of hydrogen-bond donors (Lipinski definition) is 1. The zero-order valence-corrected chi connectivity index (χ0v) is 16.0. The number of pyridine rings is 1. The highest BCUT2D eigenvalue weighted by Gasteiger charge is 2.41. The van der Waals surface area contributed by atoms with Crippen LogP contribution in [-0.2, 0) is 10.2 Å². The molecular formula is C22H24N4O. The van der Waals surface area contributed by atoms with Crippen LogP contribution in [0.1, 0.15) is 56.7 Å². The van der Waals surface area contributed by atoms with Crippen LogP contribution in [0.15, 0.2) is 52.8 Å². The molecule has 0 radical (unpaired) electrons. The van der Waals surface area contributed by atoms with E-state index >= 15 is 0 Å². The molecule has 3 heterocycles. The van der Waals surface area contributed by atoms with Gasteiger partial charge in [0.25, 0.3) is 0 Å². The second kappa shape index (κ2) is 6.72. The van der Waals surface area contributed by atoms with Crippen LogP contribution < -0.4 is 5.43 Å². The Balaban J connectivity index is 1.82. The average Bonchev–Trinajstić information content (AvgIpc) is 3.02. The highest BCUT2D eigenvalue weighted by Crippen LogP contribution is 2.47. The lowest BCUT2D eigenvalue weighted by Crippen LogP contribution is -2.34. The predicted octanol–water partition coefficient (Wildman–Crippen LogP) is 4.13.